The average Bonchev–Trinajstić information content (AvgIpc) is 3.00. The highest BCUT2D eigenvalue weighted by atomic mass is 19.1. The molecule has 3 aromatic rings. The number of carbonyl (C=O) groups is 1. The first-order valence-corrected chi connectivity index (χ1v) is 9.58. The summed E-state index contributed by atoms with van der Waals surface area (Å²) in [5.41, 5.74) is 3.47. The lowest BCUT2D eigenvalue weighted by Crippen LogP contribution is -2.42. The second-order valence-electron chi connectivity index (χ2n) is 7.42. The first kappa shape index (κ1) is 19.3. The number of hydrogen-bond donors (Lipinski definition) is 0. The van der Waals surface area contributed by atoms with Crippen LogP contribution < -0.4 is 4.74 Å². The highest BCUT2D eigenvalue weighted by Gasteiger charge is 2.29. The van der Waals surface area contributed by atoms with Gasteiger partial charge in [0.25, 0.3) is 5.91 Å². The largest absolute Gasteiger partial charge is 0.487 e. The molecule has 8 heteroatoms. The van der Waals surface area contributed by atoms with Crippen LogP contribution in [0.4, 0.5) is 8.78 Å². The molecule has 0 aliphatic carbocycles. The second-order valence-corrected chi connectivity index (χ2v) is 7.42. The molecule has 0 unspecified atom stereocenters. The highest BCUT2D eigenvalue weighted by Crippen LogP contribution is 2.25. The molecule has 152 valence electrons. The molecule has 0 N–H and O–H groups in total. The minimum Gasteiger partial charge on any atom is -0.487 e. The number of aryl methyl sites for hydroxylation is 3. The lowest BCUT2D eigenvalue weighted by Gasteiger charge is -2.32. The number of fused-ring (bicyclic) bond motifs is 1. The number of hydrogen-bond acceptors (Lipinski definition) is 4. The van der Waals surface area contributed by atoms with Crippen molar-refractivity contribution in [1.29, 1.82) is 0 Å². The van der Waals surface area contributed by atoms with Gasteiger partial charge in [0.05, 0.1) is 5.69 Å². The van der Waals surface area contributed by atoms with Gasteiger partial charge in [-0.1, -0.05) is 0 Å². The number of ether oxygens (including phenoxy) is 1. The van der Waals surface area contributed by atoms with Crippen molar-refractivity contribution in [2.45, 2.75) is 39.7 Å². The first-order chi connectivity index (χ1) is 13.8. The normalized spacial score (nSPS) is 15.1. The van der Waals surface area contributed by atoms with E-state index in [0.717, 1.165) is 17.5 Å². The maximum absolute atomic E-state index is 13.8. The average molecular weight is 400 g/mol. The fraction of sp³-hybridized carbons (Fsp3) is 0.381. The summed E-state index contributed by atoms with van der Waals surface area (Å²) in [6.07, 6.45) is 0.894. The minimum absolute atomic E-state index is 0.0322. The molecule has 1 aliphatic rings. The van der Waals surface area contributed by atoms with Crippen molar-refractivity contribution in [2.24, 2.45) is 0 Å². The topological polar surface area (TPSA) is 59.7 Å². The van der Waals surface area contributed by atoms with Crippen molar-refractivity contribution < 1.29 is 18.3 Å². The van der Waals surface area contributed by atoms with Crippen molar-refractivity contribution in [3.05, 3.63) is 58.5 Å². The van der Waals surface area contributed by atoms with E-state index in [1.807, 2.05) is 26.8 Å². The van der Waals surface area contributed by atoms with E-state index in [0.29, 0.717) is 42.8 Å². The smallest absolute Gasteiger partial charge is 0.259 e. The summed E-state index contributed by atoms with van der Waals surface area (Å²) in [6, 6.07) is 5.19. The number of piperidine rings is 1. The lowest BCUT2D eigenvalue weighted by atomic mass is 10.1. The number of rotatable bonds is 3. The Labute approximate surface area is 167 Å². The Bertz CT molecular complexity index is 1090. The van der Waals surface area contributed by atoms with Gasteiger partial charge in [0.15, 0.2) is 17.2 Å². The summed E-state index contributed by atoms with van der Waals surface area (Å²) < 4.78 is 34.2. The van der Waals surface area contributed by atoms with Crippen LogP contribution in [0.25, 0.3) is 5.65 Å². The molecule has 0 saturated carbocycles. The molecule has 1 saturated heterocycles. The SMILES string of the molecule is Cc1cc(C)n2nc(C)c(C(=O)N3CCC(Oc4ccc(F)cc4F)CC3)c2n1. The molecule has 0 atom stereocenters. The molecule has 1 aromatic carbocycles. The van der Waals surface area contributed by atoms with Gasteiger partial charge >= 0.3 is 0 Å². The lowest BCUT2D eigenvalue weighted by molar-refractivity contribution is 0.0589. The second kappa shape index (κ2) is 7.42. The van der Waals surface area contributed by atoms with Crippen LogP contribution in [0.1, 0.15) is 40.3 Å². The van der Waals surface area contributed by atoms with Crippen LogP contribution >= 0.6 is 0 Å². The van der Waals surface area contributed by atoms with Crippen molar-refractivity contribution in [1.82, 2.24) is 19.5 Å². The third kappa shape index (κ3) is 3.66. The van der Waals surface area contributed by atoms with Gasteiger partial charge in [-0.05, 0) is 39.0 Å². The van der Waals surface area contributed by atoms with E-state index in [9.17, 15) is 13.6 Å². The van der Waals surface area contributed by atoms with Crippen molar-refractivity contribution in [3.63, 3.8) is 0 Å². The van der Waals surface area contributed by atoms with Crippen molar-refractivity contribution in [2.75, 3.05) is 13.1 Å². The zero-order chi connectivity index (χ0) is 20.7. The summed E-state index contributed by atoms with van der Waals surface area (Å²) in [7, 11) is 0. The third-order valence-corrected chi connectivity index (χ3v) is 5.20. The summed E-state index contributed by atoms with van der Waals surface area (Å²) in [6.45, 7) is 6.59. The number of halogens is 2. The summed E-state index contributed by atoms with van der Waals surface area (Å²) in [5.74, 6) is -1.44. The summed E-state index contributed by atoms with van der Waals surface area (Å²) in [5, 5.41) is 4.47. The van der Waals surface area contributed by atoms with E-state index < -0.39 is 11.6 Å². The molecular formula is C21H22F2N4O2. The summed E-state index contributed by atoms with van der Waals surface area (Å²) >= 11 is 0. The third-order valence-electron chi connectivity index (χ3n) is 5.20. The minimum atomic E-state index is -0.720. The van der Waals surface area contributed by atoms with E-state index in [-0.39, 0.29) is 17.8 Å². The van der Waals surface area contributed by atoms with Crippen molar-refractivity contribution >= 4 is 11.6 Å². The van der Waals surface area contributed by atoms with E-state index in [2.05, 4.69) is 10.1 Å². The van der Waals surface area contributed by atoms with Crippen LogP contribution in [0, 0.1) is 32.4 Å². The van der Waals surface area contributed by atoms with Gasteiger partial charge in [0, 0.05) is 43.4 Å². The van der Waals surface area contributed by atoms with Crippen LogP contribution in [0.15, 0.2) is 24.3 Å². The van der Waals surface area contributed by atoms with Crippen LogP contribution in [0.2, 0.25) is 0 Å². The molecule has 3 heterocycles. The number of amides is 1. The van der Waals surface area contributed by atoms with Gasteiger partial charge in [0.2, 0.25) is 0 Å². The molecule has 0 radical (unpaired) electrons. The first-order valence-electron chi connectivity index (χ1n) is 9.58. The molecule has 1 fully saturated rings. The van der Waals surface area contributed by atoms with E-state index in [1.54, 1.807) is 9.42 Å². The van der Waals surface area contributed by atoms with E-state index in [4.69, 9.17) is 4.74 Å². The Kier molecular flexibility index (Phi) is 4.94. The van der Waals surface area contributed by atoms with Crippen molar-refractivity contribution in [3.8, 4) is 5.75 Å². The van der Waals surface area contributed by atoms with Gasteiger partial charge < -0.3 is 9.64 Å². The predicted octanol–water partition coefficient (Wildman–Crippen LogP) is 3.62. The molecule has 0 spiro atoms. The predicted molar refractivity (Wildman–Crippen MR) is 103 cm³/mol. The summed E-state index contributed by atoms with van der Waals surface area (Å²) in [4.78, 5) is 19.4. The van der Waals surface area contributed by atoms with Crippen LogP contribution in [0.3, 0.4) is 0 Å². The van der Waals surface area contributed by atoms with Gasteiger partial charge in [0.1, 0.15) is 17.5 Å². The zero-order valence-corrected chi connectivity index (χ0v) is 16.6. The van der Waals surface area contributed by atoms with Gasteiger partial charge in [-0.15, -0.1) is 0 Å². The quantitative estimate of drug-likeness (QED) is 0.674. The number of likely N-dealkylation sites (tertiary alicyclic amines) is 1. The van der Waals surface area contributed by atoms with Crippen LogP contribution in [-0.4, -0.2) is 44.6 Å². The molecule has 4 rings (SSSR count). The number of nitrogens with zero attached hydrogens (tertiary/aromatic N) is 4. The Morgan fingerprint density at radius 3 is 2.55 bits per heavy atom. The number of benzene rings is 1. The van der Waals surface area contributed by atoms with Crippen LogP contribution in [-0.2, 0) is 0 Å². The fourth-order valence-corrected chi connectivity index (χ4v) is 3.76. The van der Waals surface area contributed by atoms with E-state index in [1.165, 1.54) is 12.1 Å². The van der Waals surface area contributed by atoms with Gasteiger partial charge in [-0.2, -0.15) is 5.10 Å². The number of aromatic nitrogens is 3. The molecule has 29 heavy (non-hydrogen) atoms. The zero-order valence-electron chi connectivity index (χ0n) is 16.6. The Balaban J connectivity index is 1.48. The maximum Gasteiger partial charge on any atom is 0.259 e. The number of carbonyl (C=O) groups excluding carboxylic acids is 1. The Hall–Kier alpha value is -3.03. The molecule has 0 bridgehead atoms. The molecule has 6 nitrogen and oxygen atoms in total. The standard InChI is InChI=1S/C21H22F2N4O2/c1-12-10-13(2)27-20(24-12)19(14(3)25-27)21(28)26-8-6-16(7-9-26)29-18-5-4-15(22)11-17(18)23/h4-5,10-11,16H,6-9H2,1-3H3. The Morgan fingerprint density at radius 2 is 1.86 bits per heavy atom. The maximum atomic E-state index is 13.8. The monoisotopic (exact) mass is 400 g/mol. The molecule has 2 aromatic heterocycles. The molecular weight excluding hydrogens is 378 g/mol. The molecule has 1 amide bonds. The Morgan fingerprint density at radius 1 is 1.14 bits per heavy atom. The van der Waals surface area contributed by atoms with Crippen LogP contribution in [0.5, 0.6) is 5.75 Å². The molecule has 1 aliphatic heterocycles. The van der Waals surface area contributed by atoms with E-state index >= 15 is 0 Å². The fourth-order valence-electron chi connectivity index (χ4n) is 3.76. The van der Waals surface area contributed by atoms with Gasteiger partial charge in [-0.25, -0.2) is 18.3 Å². The van der Waals surface area contributed by atoms with Gasteiger partial charge in [-0.3, -0.25) is 4.79 Å². The highest BCUT2D eigenvalue weighted by molar-refractivity contribution is 6.01.